The SMILES string of the molecule is CNC(=O)[C@H](CC(C)C)NC(=O)C(CC(C)C)CP(=O)(O)CN1C(=O)C=C(CC(C)C)C1=O. The van der Waals surface area contributed by atoms with E-state index in [-0.39, 0.29) is 29.8 Å². The Hall–Kier alpha value is -1.99. The van der Waals surface area contributed by atoms with Gasteiger partial charge < -0.3 is 15.5 Å². The van der Waals surface area contributed by atoms with E-state index in [1.165, 1.54) is 13.1 Å². The molecule has 4 amide bonds. The first-order chi connectivity index (χ1) is 15.2. The molecule has 0 spiro atoms. The predicted octanol–water partition coefficient (Wildman–Crippen LogP) is 2.49. The van der Waals surface area contributed by atoms with Crippen LogP contribution in [0, 0.1) is 23.7 Å². The minimum Gasteiger partial charge on any atom is -0.357 e. The van der Waals surface area contributed by atoms with Crippen molar-refractivity contribution >= 4 is 31.0 Å². The summed E-state index contributed by atoms with van der Waals surface area (Å²) in [5, 5.41) is 5.26. The first-order valence-corrected chi connectivity index (χ1v) is 13.6. The molecule has 3 N–H and O–H groups in total. The van der Waals surface area contributed by atoms with Gasteiger partial charge in [0, 0.05) is 30.8 Å². The minimum absolute atomic E-state index is 0.0543. The Labute approximate surface area is 197 Å². The molecule has 0 fully saturated rings. The molecule has 0 bridgehead atoms. The van der Waals surface area contributed by atoms with Crippen LogP contribution in [0.3, 0.4) is 0 Å². The average molecular weight is 486 g/mol. The van der Waals surface area contributed by atoms with Crippen LogP contribution in [0.4, 0.5) is 0 Å². The monoisotopic (exact) mass is 485 g/mol. The van der Waals surface area contributed by atoms with Crippen LogP contribution in [0.25, 0.3) is 0 Å². The zero-order valence-corrected chi connectivity index (χ0v) is 21.8. The molecule has 1 aliphatic rings. The minimum atomic E-state index is -4.06. The summed E-state index contributed by atoms with van der Waals surface area (Å²) in [5.74, 6) is -2.44. The molecule has 10 heteroatoms. The summed E-state index contributed by atoms with van der Waals surface area (Å²) in [5.41, 5.74) is 0.327. The van der Waals surface area contributed by atoms with Crippen LogP contribution in [-0.4, -0.2) is 59.0 Å². The number of carbonyl (C=O) groups excluding carboxylic acids is 4. The van der Waals surface area contributed by atoms with E-state index in [1.54, 1.807) is 0 Å². The Morgan fingerprint density at radius 3 is 2.06 bits per heavy atom. The molecule has 1 rings (SSSR count). The van der Waals surface area contributed by atoms with Crippen LogP contribution in [-0.2, 0) is 23.7 Å². The summed E-state index contributed by atoms with van der Waals surface area (Å²) in [6.07, 6.45) is 1.38. The van der Waals surface area contributed by atoms with E-state index in [0.29, 0.717) is 24.8 Å². The number of amides is 4. The van der Waals surface area contributed by atoms with Gasteiger partial charge in [-0.1, -0.05) is 41.5 Å². The van der Waals surface area contributed by atoms with Crippen LogP contribution >= 0.6 is 7.37 Å². The number of hydrogen-bond donors (Lipinski definition) is 3. The Balaban J connectivity index is 2.97. The lowest BCUT2D eigenvalue weighted by Crippen LogP contribution is -2.49. The van der Waals surface area contributed by atoms with Crippen molar-refractivity contribution in [2.45, 2.75) is 66.8 Å². The molecule has 0 aliphatic carbocycles. The maximum atomic E-state index is 13.1. The van der Waals surface area contributed by atoms with Crippen LogP contribution < -0.4 is 10.6 Å². The smallest absolute Gasteiger partial charge is 0.257 e. The van der Waals surface area contributed by atoms with Gasteiger partial charge in [0.15, 0.2) is 0 Å². The summed E-state index contributed by atoms with van der Waals surface area (Å²) in [4.78, 5) is 61.5. The van der Waals surface area contributed by atoms with E-state index < -0.39 is 43.3 Å². The van der Waals surface area contributed by atoms with Crippen LogP contribution in [0.15, 0.2) is 11.6 Å². The second-order valence-electron chi connectivity index (χ2n) is 10.1. The molecule has 0 saturated carbocycles. The maximum absolute atomic E-state index is 13.1. The van der Waals surface area contributed by atoms with Gasteiger partial charge in [-0.05, 0) is 37.0 Å². The van der Waals surface area contributed by atoms with Crippen molar-refractivity contribution < 1.29 is 28.6 Å². The largest absolute Gasteiger partial charge is 0.357 e. The van der Waals surface area contributed by atoms with Crippen molar-refractivity contribution in [1.82, 2.24) is 15.5 Å². The Morgan fingerprint density at radius 1 is 1.00 bits per heavy atom. The van der Waals surface area contributed by atoms with Gasteiger partial charge >= 0.3 is 0 Å². The van der Waals surface area contributed by atoms with E-state index in [9.17, 15) is 28.6 Å². The van der Waals surface area contributed by atoms with Gasteiger partial charge in [-0.3, -0.25) is 28.6 Å². The quantitative estimate of drug-likeness (QED) is 0.271. The predicted molar refractivity (Wildman–Crippen MR) is 127 cm³/mol. The highest BCUT2D eigenvalue weighted by Crippen LogP contribution is 2.45. The fraction of sp³-hybridized carbons (Fsp3) is 0.739. The van der Waals surface area contributed by atoms with Gasteiger partial charge in [0.25, 0.3) is 11.8 Å². The normalized spacial score (nSPS) is 17.9. The summed E-state index contributed by atoms with van der Waals surface area (Å²) in [6.45, 7) is 11.5. The van der Waals surface area contributed by atoms with Gasteiger partial charge in [-0.25, -0.2) is 0 Å². The summed E-state index contributed by atoms with van der Waals surface area (Å²) in [7, 11) is -2.57. The topological polar surface area (TPSA) is 133 Å². The van der Waals surface area contributed by atoms with E-state index in [2.05, 4.69) is 10.6 Å². The number of hydrogen-bond acceptors (Lipinski definition) is 5. The van der Waals surface area contributed by atoms with Crippen molar-refractivity contribution in [3.8, 4) is 0 Å². The molecule has 33 heavy (non-hydrogen) atoms. The number of rotatable bonds is 13. The second-order valence-corrected chi connectivity index (χ2v) is 12.5. The van der Waals surface area contributed by atoms with Crippen molar-refractivity contribution in [2.24, 2.45) is 23.7 Å². The third kappa shape index (κ3) is 9.41. The van der Waals surface area contributed by atoms with E-state index in [4.69, 9.17) is 0 Å². The van der Waals surface area contributed by atoms with Gasteiger partial charge in [-0.2, -0.15) is 0 Å². The number of imide groups is 1. The molecule has 0 saturated heterocycles. The molecule has 0 radical (unpaired) electrons. The maximum Gasteiger partial charge on any atom is 0.257 e. The highest BCUT2D eigenvalue weighted by atomic mass is 31.2. The van der Waals surface area contributed by atoms with Crippen molar-refractivity contribution in [3.63, 3.8) is 0 Å². The molecule has 188 valence electrons. The Kier molecular flexibility index (Phi) is 11.0. The lowest BCUT2D eigenvalue weighted by Gasteiger charge is -2.26. The molecule has 9 nitrogen and oxygen atoms in total. The molecule has 0 aromatic rings. The van der Waals surface area contributed by atoms with Gasteiger partial charge in [0.05, 0.1) is 0 Å². The molecule has 3 atom stereocenters. The average Bonchev–Trinajstić information content (AvgIpc) is 2.91. The van der Waals surface area contributed by atoms with Crippen LogP contribution in [0.1, 0.15) is 60.8 Å². The van der Waals surface area contributed by atoms with Gasteiger partial charge in [-0.15, -0.1) is 0 Å². The molecular weight excluding hydrogens is 445 g/mol. The first-order valence-electron chi connectivity index (χ1n) is 11.6. The van der Waals surface area contributed by atoms with Crippen molar-refractivity contribution in [2.75, 3.05) is 19.5 Å². The third-order valence-corrected chi connectivity index (χ3v) is 7.03. The summed E-state index contributed by atoms with van der Waals surface area (Å²) < 4.78 is 13.1. The third-order valence-electron chi connectivity index (χ3n) is 5.29. The summed E-state index contributed by atoms with van der Waals surface area (Å²) in [6, 6.07) is -0.750. The standard InChI is InChI=1S/C23H40N3O6P/c1-14(2)8-17-11-20(27)26(23(17)30)13-33(31,32)12-18(9-15(3)4)21(28)25-19(10-16(5)6)22(29)24-7/h11,14-16,18-19H,8-10,12-13H2,1-7H3,(H,24,29)(H,25,28)(H,31,32)/t18?,19-/m0/s1. The van der Waals surface area contributed by atoms with E-state index in [0.717, 1.165) is 4.90 Å². The van der Waals surface area contributed by atoms with Gasteiger partial charge in [0.2, 0.25) is 19.2 Å². The number of carbonyl (C=O) groups is 4. The highest BCUT2D eigenvalue weighted by molar-refractivity contribution is 7.58. The number of nitrogens with one attached hydrogen (secondary N) is 2. The zero-order chi connectivity index (χ0) is 25.5. The number of nitrogens with zero attached hydrogens (tertiary/aromatic N) is 1. The molecule has 2 unspecified atom stereocenters. The Bertz CT molecular complexity index is 821. The highest BCUT2D eigenvalue weighted by Gasteiger charge is 2.38. The second kappa shape index (κ2) is 12.5. The van der Waals surface area contributed by atoms with Crippen LogP contribution in [0.2, 0.25) is 0 Å². The van der Waals surface area contributed by atoms with Gasteiger partial charge in [0.1, 0.15) is 12.3 Å². The van der Waals surface area contributed by atoms with E-state index in [1.807, 2.05) is 41.5 Å². The lowest BCUT2D eigenvalue weighted by atomic mass is 9.96. The lowest BCUT2D eigenvalue weighted by molar-refractivity contribution is -0.136. The molecule has 1 aliphatic heterocycles. The molecule has 0 aromatic heterocycles. The zero-order valence-electron chi connectivity index (χ0n) is 20.9. The van der Waals surface area contributed by atoms with Crippen LogP contribution in [0.5, 0.6) is 0 Å². The summed E-state index contributed by atoms with van der Waals surface area (Å²) >= 11 is 0. The molecule has 1 heterocycles. The molecule has 0 aromatic carbocycles. The first kappa shape index (κ1) is 29.0. The van der Waals surface area contributed by atoms with Crippen molar-refractivity contribution in [1.29, 1.82) is 0 Å². The Morgan fingerprint density at radius 2 is 1.58 bits per heavy atom. The fourth-order valence-electron chi connectivity index (χ4n) is 3.91. The molecular formula is C23H40N3O6P. The van der Waals surface area contributed by atoms with Crippen molar-refractivity contribution in [3.05, 3.63) is 11.6 Å². The van der Waals surface area contributed by atoms with E-state index >= 15 is 0 Å². The number of likely N-dealkylation sites (N-methyl/N-ethyl adjacent to an activating group) is 1. The fourth-order valence-corrected chi connectivity index (χ4v) is 5.73.